The Morgan fingerprint density at radius 2 is 1.90 bits per heavy atom. The molecule has 1 fully saturated rings. The van der Waals surface area contributed by atoms with Gasteiger partial charge in [-0.25, -0.2) is 4.79 Å². The molecule has 1 aliphatic heterocycles. The second-order valence-corrected chi connectivity index (χ2v) is 8.28. The first kappa shape index (κ1) is 21.7. The summed E-state index contributed by atoms with van der Waals surface area (Å²) in [5, 5.41) is 13.6. The van der Waals surface area contributed by atoms with Gasteiger partial charge < -0.3 is 9.64 Å². The molecule has 0 unspecified atom stereocenters. The molecule has 1 aliphatic rings. The van der Waals surface area contributed by atoms with Gasteiger partial charge in [0.25, 0.3) is 0 Å². The Morgan fingerprint density at radius 1 is 1.23 bits per heavy atom. The average Bonchev–Trinajstić information content (AvgIpc) is 3.15. The third-order valence-corrected chi connectivity index (χ3v) is 4.87. The Labute approximate surface area is 172 Å². The maximum atomic E-state index is 13.1. The second-order valence-electron chi connectivity index (χ2n) is 8.28. The predicted molar refractivity (Wildman–Crippen MR) is 103 cm³/mol. The van der Waals surface area contributed by atoms with Crippen LogP contribution in [0, 0.1) is 11.3 Å². The minimum atomic E-state index is -4.49. The van der Waals surface area contributed by atoms with Gasteiger partial charge in [0.05, 0.1) is 29.4 Å². The molecule has 1 aromatic carbocycles. The van der Waals surface area contributed by atoms with Crippen molar-refractivity contribution in [1.29, 1.82) is 5.26 Å². The van der Waals surface area contributed by atoms with Crippen LogP contribution in [-0.2, 0) is 10.9 Å². The van der Waals surface area contributed by atoms with E-state index in [4.69, 9.17) is 4.74 Å². The minimum Gasteiger partial charge on any atom is -0.444 e. The first-order valence-corrected chi connectivity index (χ1v) is 9.62. The summed E-state index contributed by atoms with van der Waals surface area (Å²) in [6.45, 7) is 6.44. The van der Waals surface area contributed by atoms with E-state index in [9.17, 15) is 23.2 Å². The van der Waals surface area contributed by atoms with E-state index in [1.54, 1.807) is 15.8 Å². The van der Waals surface area contributed by atoms with Crippen LogP contribution in [0.15, 0.2) is 30.6 Å². The number of amides is 1. The van der Waals surface area contributed by atoms with Gasteiger partial charge in [0.15, 0.2) is 0 Å². The second kappa shape index (κ2) is 8.01. The molecule has 2 heterocycles. The number of alkyl halides is 3. The van der Waals surface area contributed by atoms with Gasteiger partial charge in [-0.05, 0) is 51.8 Å². The van der Waals surface area contributed by atoms with Crippen molar-refractivity contribution in [3.8, 4) is 17.2 Å². The van der Waals surface area contributed by atoms with E-state index in [0.717, 1.165) is 12.1 Å². The van der Waals surface area contributed by atoms with Gasteiger partial charge in [0, 0.05) is 30.4 Å². The van der Waals surface area contributed by atoms with Crippen molar-refractivity contribution in [2.45, 2.75) is 51.4 Å². The van der Waals surface area contributed by atoms with Crippen LogP contribution in [0.25, 0.3) is 11.1 Å². The van der Waals surface area contributed by atoms with E-state index < -0.39 is 17.3 Å². The zero-order valence-electron chi connectivity index (χ0n) is 17.0. The summed E-state index contributed by atoms with van der Waals surface area (Å²) in [7, 11) is 0. The maximum Gasteiger partial charge on any atom is 0.416 e. The first-order chi connectivity index (χ1) is 14.0. The SMILES string of the molecule is CC(C)(C)OC(=O)N1CCC(n2cc(-c3cc(C(F)(F)F)ccc3C#N)cn2)CC1. The molecular weight excluding hydrogens is 397 g/mol. The lowest BCUT2D eigenvalue weighted by atomic mass is 10.00. The normalized spacial score (nSPS) is 15.7. The van der Waals surface area contributed by atoms with E-state index in [1.807, 2.05) is 26.8 Å². The molecule has 0 spiro atoms. The van der Waals surface area contributed by atoms with Crippen LogP contribution in [-0.4, -0.2) is 39.5 Å². The summed E-state index contributed by atoms with van der Waals surface area (Å²) in [5.41, 5.74) is -0.567. The molecular formula is C21H23F3N4O2. The number of likely N-dealkylation sites (tertiary alicyclic amines) is 1. The van der Waals surface area contributed by atoms with Crippen LogP contribution < -0.4 is 0 Å². The molecule has 0 aliphatic carbocycles. The molecule has 160 valence electrons. The number of ether oxygens (including phenoxy) is 1. The van der Waals surface area contributed by atoms with Gasteiger partial charge in [-0.1, -0.05) is 0 Å². The topological polar surface area (TPSA) is 71.2 Å². The van der Waals surface area contributed by atoms with Gasteiger partial charge in [-0.3, -0.25) is 4.68 Å². The number of piperidine rings is 1. The number of hydrogen-bond acceptors (Lipinski definition) is 4. The van der Waals surface area contributed by atoms with Gasteiger partial charge in [0.2, 0.25) is 0 Å². The number of benzene rings is 1. The molecule has 30 heavy (non-hydrogen) atoms. The average molecular weight is 420 g/mol. The van der Waals surface area contributed by atoms with Gasteiger partial charge in [-0.15, -0.1) is 0 Å². The fourth-order valence-electron chi connectivity index (χ4n) is 3.37. The minimum absolute atomic E-state index is 0.00812. The fourth-order valence-corrected chi connectivity index (χ4v) is 3.37. The number of hydrogen-bond donors (Lipinski definition) is 0. The first-order valence-electron chi connectivity index (χ1n) is 9.62. The van der Waals surface area contributed by atoms with Crippen LogP contribution in [0.3, 0.4) is 0 Å². The van der Waals surface area contributed by atoms with Crippen LogP contribution in [0.5, 0.6) is 0 Å². The zero-order valence-corrected chi connectivity index (χ0v) is 17.0. The number of nitrogens with zero attached hydrogens (tertiary/aromatic N) is 4. The molecule has 1 aromatic heterocycles. The quantitative estimate of drug-likeness (QED) is 0.685. The van der Waals surface area contributed by atoms with Crippen molar-refractivity contribution in [3.05, 3.63) is 41.7 Å². The van der Waals surface area contributed by atoms with Gasteiger partial charge in [0.1, 0.15) is 5.60 Å². The molecule has 6 nitrogen and oxygen atoms in total. The van der Waals surface area contributed by atoms with Crippen molar-refractivity contribution in [1.82, 2.24) is 14.7 Å². The highest BCUT2D eigenvalue weighted by Crippen LogP contribution is 2.34. The third-order valence-electron chi connectivity index (χ3n) is 4.87. The molecule has 1 saturated heterocycles. The van der Waals surface area contributed by atoms with Crippen LogP contribution >= 0.6 is 0 Å². The molecule has 0 bridgehead atoms. The lowest BCUT2D eigenvalue weighted by Gasteiger charge is -2.33. The molecule has 0 atom stereocenters. The highest BCUT2D eigenvalue weighted by Gasteiger charge is 2.32. The number of carbonyl (C=O) groups excluding carboxylic acids is 1. The van der Waals surface area contributed by atoms with Crippen molar-refractivity contribution < 1.29 is 22.7 Å². The number of nitriles is 1. The molecule has 0 saturated carbocycles. The molecule has 3 rings (SSSR count). The lowest BCUT2D eigenvalue weighted by Crippen LogP contribution is -2.42. The Morgan fingerprint density at radius 3 is 2.47 bits per heavy atom. The van der Waals surface area contributed by atoms with Crippen LogP contribution in [0.4, 0.5) is 18.0 Å². The summed E-state index contributed by atoms with van der Waals surface area (Å²) < 4.78 is 46.3. The number of carbonyl (C=O) groups is 1. The third kappa shape index (κ3) is 4.93. The molecule has 0 radical (unpaired) electrons. The van der Waals surface area contributed by atoms with Gasteiger partial charge >= 0.3 is 12.3 Å². The maximum absolute atomic E-state index is 13.1. The van der Waals surface area contributed by atoms with E-state index >= 15 is 0 Å². The number of halogens is 3. The molecule has 1 amide bonds. The summed E-state index contributed by atoms with van der Waals surface area (Å²) in [5.74, 6) is 0. The summed E-state index contributed by atoms with van der Waals surface area (Å²) in [4.78, 5) is 13.8. The van der Waals surface area contributed by atoms with Crippen LogP contribution in [0.2, 0.25) is 0 Å². The Kier molecular flexibility index (Phi) is 5.79. The van der Waals surface area contributed by atoms with E-state index in [1.165, 1.54) is 12.3 Å². The summed E-state index contributed by atoms with van der Waals surface area (Å²) in [6.07, 6.45) is -0.430. The highest BCUT2D eigenvalue weighted by molar-refractivity contribution is 5.70. The monoisotopic (exact) mass is 420 g/mol. The van der Waals surface area contributed by atoms with Crippen molar-refractivity contribution in [3.63, 3.8) is 0 Å². The number of aromatic nitrogens is 2. The van der Waals surface area contributed by atoms with Crippen molar-refractivity contribution >= 4 is 6.09 Å². The van der Waals surface area contributed by atoms with Crippen LogP contribution in [0.1, 0.15) is 50.8 Å². The Hall–Kier alpha value is -3.02. The number of rotatable bonds is 2. The van der Waals surface area contributed by atoms with E-state index in [-0.39, 0.29) is 23.3 Å². The smallest absolute Gasteiger partial charge is 0.416 e. The standard InChI is InChI=1S/C21H23F3N4O2/c1-20(2,3)30-19(29)27-8-6-17(7-9-27)28-13-15(12-26-28)18-10-16(21(22,23)24)5-4-14(18)11-25/h4-5,10,12-13,17H,6-9H2,1-3H3. The fraction of sp³-hybridized carbons (Fsp3) is 0.476. The molecule has 2 aromatic rings. The Balaban J connectivity index is 1.74. The van der Waals surface area contributed by atoms with Crippen molar-refractivity contribution in [2.24, 2.45) is 0 Å². The van der Waals surface area contributed by atoms with Crippen molar-refractivity contribution in [2.75, 3.05) is 13.1 Å². The lowest BCUT2D eigenvalue weighted by molar-refractivity contribution is -0.137. The largest absolute Gasteiger partial charge is 0.444 e. The highest BCUT2D eigenvalue weighted by atomic mass is 19.4. The zero-order chi connectivity index (χ0) is 22.1. The summed E-state index contributed by atoms with van der Waals surface area (Å²) in [6, 6.07) is 5.00. The Bertz CT molecular complexity index is 962. The predicted octanol–water partition coefficient (Wildman–Crippen LogP) is 5.01. The van der Waals surface area contributed by atoms with E-state index in [0.29, 0.717) is 31.5 Å². The summed E-state index contributed by atoms with van der Waals surface area (Å²) >= 11 is 0. The molecule has 9 heteroatoms. The molecule has 0 N–H and O–H groups in total. The van der Waals surface area contributed by atoms with Gasteiger partial charge in [-0.2, -0.15) is 23.5 Å². The van der Waals surface area contributed by atoms with E-state index in [2.05, 4.69) is 5.10 Å².